The van der Waals surface area contributed by atoms with Gasteiger partial charge in [-0.15, -0.1) is 0 Å². The molecule has 2 aliphatic heterocycles. The molecule has 0 unspecified atom stereocenters. The summed E-state index contributed by atoms with van der Waals surface area (Å²) in [5.41, 5.74) is 7.14. The summed E-state index contributed by atoms with van der Waals surface area (Å²) in [4.78, 5) is 57.6. The second-order valence-corrected chi connectivity index (χ2v) is 9.56. The molecule has 2 aromatic rings. The monoisotopic (exact) mass is 521 g/mol. The van der Waals surface area contributed by atoms with Crippen molar-refractivity contribution in [1.82, 2.24) is 20.4 Å². The summed E-state index contributed by atoms with van der Waals surface area (Å²) in [5, 5.41) is 4.47. The van der Waals surface area contributed by atoms with E-state index in [1.54, 1.807) is 0 Å². The first-order valence-electron chi connectivity index (χ1n) is 12.8. The number of urea groups is 2. The van der Waals surface area contributed by atoms with Gasteiger partial charge in [-0.05, 0) is 29.9 Å². The summed E-state index contributed by atoms with van der Waals surface area (Å²) in [7, 11) is 0. The van der Waals surface area contributed by atoms with Crippen LogP contribution in [-0.2, 0) is 27.5 Å². The highest BCUT2D eigenvalue weighted by Gasteiger charge is 2.27. The molecule has 1 aliphatic carbocycles. The van der Waals surface area contributed by atoms with E-state index < -0.39 is 0 Å². The SMILES string of the molecule is NC(=O)CC1CCCCC1.O=C1CN(Cc2ccccc2)C(=O)N1.O=C1CN(Cc2ccccc2)C(=O)N1. The van der Waals surface area contributed by atoms with E-state index in [0.29, 0.717) is 25.4 Å². The zero-order chi connectivity index (χ0) is 27.3. The minimum Gasteiger partial charge on any atom is -0.370 e. The number of primary amides is 1. The minimum atomic E-state index is -0.307. The van der Waals surface area contributed by atoms with Gasteiger partial charge in [0.25, 0.3) is 0 Å². The molecular weight excluding hydrogens is 486 g/mol. The van der Waals surface area contributed by atoms with Crippen LogP contribution in [0.15, 0.2) is 60.7 Å². The maximum atomic E-state index is 11.2. The molecule has 2 aromatic carbocycles. The second-order valence-electron chi connectivity index (χ2n) is 9.56. The Morgan fingerprint density at radius 3 is 1.47 bits per heavy atom. The second kappa shape index (κ2) is 14.5. The first kappa shape index (κ1) is 28.4. The van der Waals surface area contributed by atoms with Crippen LogP contribution in [-0.4, -0.2) is 52.7 Å². The van der Waals surface area contributed by atoms with Crippen LogP contribution in [0.5, 0.6) is 0 Å². The Bertz CT molecular complexity index is 1030. The van der Waals surface area contributed by atoms with Gasteiger partial charge in [-0.3, -0.25) is 25.0 Å². The molecule has 0 atom stereocenters. The first-order chi connectivity index (χ1) is 18.3. The molecule has 3 fully saturated rings. The number of rotatable bonds is 6. The van der Waals surface area contributed by atoms with Gasteiger partial charge in [0.2, 0.25) is 17.7 Å². The summed E-state index contributed by atoms with van der Waals surface area (Å²) in [6.45, 7) is 1.29. The van der Waals surface area contributed by atoms with Crippen molar-refractivity contribution in [3.05, 3.63) is 71.8 Å². The van der Waals surface area contributed by atoms with Crippen molar-refractivity contribution in [3.8, 4) is 0 Å². The van der Waals surface area contributed by atoms with Crippen molar-refractivity contribution in [2.45, 2.75) is 51.6 Å². The molecule has 10 heteroatoms. The average Bonchev–Trinajstić information content (AvgIpc) is 3.39. The van der Waals surface area contributed by atoms with Crippen LogP contribution in [0.2, 0.25) is 0 Å². The van der Waals surface area contributed by atoms with Gasteiger partial charge in [-0.1, -0.05) is 79.9 Å². The van der Waals surface area contributed by atoms with Gasteiger partial charge >= 0.3 is 12.1 Å². The third-order valence-electron chi connectivity index (χ3n) is 6.38. The summed E-state index contributed by atoms with van der Waals surface area (Å²) < 4.78 is 0. The quantitative estimate of drug-likeness (QED) is 0.501. The predicted octanol–water partition coefficient (Wildman–Crippen LogP) is 2.92. The van der Waals surface area contributed by atoms with Crippen molar-refractivity contribution in [2.75, 3.05) is 13.1 Å². The molecule has 0 aromatic heterocycles. The number of amides is 7. The molecule has 7 amide bonds. The number of hydrogen-bond donors (Lipinski definition) is 3. The van der Waals surface area contributed by atoms with Crippen LogP contribution in [0, 0.1) is 5.92 Å². The number of imide groups is 2. The Morgan fingerprint density at radius 2 is 1.13 bits per heavy atom. The lowest BCUT2D eigenvalue weighted by atomic mass is 9.87. The number of carbonyl (C=O) groups excluding carboxylic acids is 5. The minimum absolute atomic E-state index is 0.132. The maximum Gasteiger partial charge on any atom is 0.324 e. The smallest absolute Gasteiger partial charge is 0.324 e. The van der Waals surface area contributed by atoms with E-state index in [9.17, 15) is 24.0 Å². The van der Waals surface area contributed by atoms with E-state index in [1.807, 2.05) is 60.7 Å². The van der Waals surface area contributed by atoms with Crippen molar-refractivity contribution in [2.24, 2.45) is 11.7 Å². The molecule has 3 aliphatic rings. The van der Waals surface area contributed by atoms with Crippen molar-refractivity contribution >= 4 is 29.8 Å². The Kier molecular flexibility index (Phi) is 10.8. The van der Waals surface area contributed by atoms with Gasteiger partial charge in [0.15, 0.2) is 0 Å². The molecule has 0 radical (unpaired) electrons. The molecule has 5 rings (SSSR count). The molecule has 2 saturated heterocycles. The highest BCUT2D eigenvalue weighted by Crippen LogP contribution is 2.25. The van der Waals surface area contributed by atoms with E-state index >= 15 is 0 Å². The fraction of sp³-hybridized carbons (Fsp3) is 0.393. The van der Waals surface area contributed by atoms with Crippen LogP contribution in [0.4, 0.5) is 9.59 Å². The van der Waals surface area contributed by atoms with Gasteiger partial charge in [-0.25, -0.2) is 9.59 Å². The lowest BCUT2D eigenvalue weighted by molar-refractivity contribution is -0.119. The predicted molar refractivity (Wildman–Crippen MR) is 141 cm³/mol. The fourth-order valence-electron chi connectivity index (χ4n) is 4.50. The molecule has 38 heavy (non-hydrogen) atoms. The third kappa shape index (κ3) is 9.68. The summed E-state index contributed by atoms with van der Waals surface area (Å²) in [5.74, 6) is 0.00927. The molecule has 0 bridgehead atoms. The van der Waals surface area contributed by atoms with E-state index in [-0.39, 0.29) is 42.9 Å². The van der Waals surface area contributed by atoms with E-state index in [1.165, 1.54) is 41.9 Å². The van der Waals surface area contributed by atoms with E-state index in [4.69, 9.17) is 5.73 Å². The van der Waals surface area contributed by atoms with Crippen LogP contribution in [0.1, 0.15) is 49.7 Å². The lowest BCUT2D eigenvalue weighted by Gasteiger charge is -2.19. The van der Waals surface area contributed by atoms with Crippen LogP contribution in [0.3, 0.4) is 0 Å². The Hall–Kier alpha value is -4.21. The number of nitrogens with zero attached hydrogens (tertiary/aromatic N) is 2. The fourth-order valence-corrected chi connectivity index (χ4v) is 4.50. The largest absolute Gasteiger partial charge is 0.370 e. The van der Waals surface area contributed by atoms with Gasteiger partial charge < -0.3 is 15.5 Å². The van der Waals surface area contributed by atoms with Crippen molar-refractivity contribution < 1.29 is 24.0 Å². The van der Waals surface area contributed by atoms with Gasteiger partial charge in [0.05, 0.1) is 0 Å². The highest BCUT2D eigenvalue weighted by atomic mass is 16.2. The number of benzene rings is 2. The van der Waals surface area contributed by atoms with Gasteiger partial charge in [0, 0.05) is 19.5 Å². The lowest BCUT2D eigenvalue weighted by Crippen LogP contribution is -2.27. The Labute approximate surface area is 222 Å². The molecule has 10 nitrogen and oxygen atoms in total. The van der Waals surface area contributed by atoms with E-state index in [2.05, 4.69) is 10.6 Å². The highest BCUT2D eigenvalue weighted by molar-refractivity contribution is 6.02. The summed E-state index contributed by atoms with van der Waals surface area (Å²) >= 11 is 0. The maximum absolute atomic E-state index is 11.2. The Morgan fingerprint density at radius 1 is 0.711 bits per heavy atom. The third-order valence-corrected chi connectivity index (χ3v) is 6.38. The number of hydrogen-bond acceptors (Lipinski definition) is 5. The Balaban J connectivity index is 0.000000161. The van der Waals surface area contributed by atoms with Crippen LogP contribution in [0.25, 0.3) is 0 Å². The number of carbonyl (C=O) groups is 5. The normalized spacial score (nSPS) is 17.2. The topological polar surface area (TPSA) is 142 Å². The number of nitrogens with one attached hydrogen (secondary N) is 2. The molecule has 2 heterocycles. The summed E-state index contributed by atoms with van der Waals surface area (Å²) in [6.07, 6.45) is 6.96. The van der Waals surface area contributed by atoms with E-state index in [0.717, 1.165) is 11.1 Å². The summed E-state index contributed by atoms with van der Waals surface area (Å²) in [6, 6.07) is 18.6. The van der Waals surface area contributed by atoms with Crippen molar-refractivity contribution in [1.29, 1.82) is 0 Å². The van der Waals surface area contributed by atoms with Crippen molar-refractivity contribution in [3.63, 3.8) is 0 Å². The molecule has 4 N–H and O–H groups in total. The van der Waals surface area contributed by atoms with Gasteiger partial charge in [-0.2, -0.15) is 0 Å². The molecular formula is C28H35N5O5. The van der Waals surface area contributed by atoms with Gasteiger partial charge in [0.1, 0.15) is 13.1 Å². The standard InChI is InChI=1S/2C10H10N2O2.C8H15NO/c2*13-9-7-12(10(14)11-9)6-8-4-2-1-3-5-8;9-8(10)6-7-4-2-1-3-5-7/h2*1-5H,6-7H2,(H,11,13,14);7H,1-6H2,(H2,9,10). The first-order valence-corrected chi connectivity index (χ1v) is 12.8. The van der Waals surface area contributed by atoms with Crippen LogP contribution >= 0.6 is 0 Å². The average molecular weight is 522 g/mol. The zero-order valence-electron chi connectivity index (χ0n) is 21.4. The molecule has 1 saturated carbocycles. The molecule has 202 valence electrons. The number of nitrogens with two attached hydrogens (primary N) is 1. The zero-order valence-corrected chi connectivity index (χ0v) is 21.4. The molecule has 0 spiro atoms. The van der Waals surface area contributed by atoms with Crippen LogP contribution < -0.4 is 16.4 Å².